The summed E-state index contributed by atoms with van der Waals surface area (Å²) >= 11 is 0. The highest BCUT2D eigenvalue weighted by Crippen LogP contribution is 2.30. The minimum atomic E-state index is 0. The van der Waals surface area contributed by atoms with Gasteiger partial charge in [0, 0.05) is 55.6 Å². The van der Waals surface area contributed by atoms with E-state index in [2.05, 4.69) is 37.6 Å². The van der Waals surface area contributed by atoms with Gasteiger partial charge >= 0.3 is 0 Å². The number of hydrogen-bond acceptors (Lipinski definition) is 6. The van der Waals surface area contributed by atoms with Crippen LogP contribution in [0.3, 0.4) is 0 Å². The van der Waals surface area contributed by atoms with Crippen molar-refractivity contribution in [3.05, 3.63) is 60.5 Å². The van der Waals surface area contributed by atoms with Gasteiger partial charge in [0.2, 0.25) is 5.89 Å². The molecule has 4 rings (SSSR count). The lowest BCUT2D eigenvalue weighted by atomic mass is 10.0. The van der Waals surface area contributed by atoms with E-state index >= 15 is 0 Å². The molecule has 182 valence electrons. The quantitative estimate of drug-likeness (QED) is 0.246. The number of halogens is 1. The van der Waals surface area contributed by atoms with Crippen molar-refractivity contribution in [2.24, 2.45) is 4.99 Å². The van der Waals surface area contributed by atoms with Crippen molar-refractivity contribution in [3.8, 4) is 23.0 Å². The number of guanidine groups is 1. The molecule has 1 aromatic heterocycles. The van der Waals surface area contributed by atoms with Crippen molar-refractivity contribution in [1.82, 2.24) is 15.6 Å². The van der Waals surface area contributed by atoms with Crippen LogP contribution in [0.5, 0.6) is 11.5 Å². The second kappa shape index (κ2) is 12.5. The molecule has 2 N–H and O–H groups in total. The van der Waals surface area contributed by atoms with Crippen LogP contribution < -0.4 is 25.0 Å². The Kier molecular flexibility index (Phi) is 9.43. The second-order valence-corrected chi connectivity index (χ2v) is 7.91. The number of oxazole rings is 1. The van der Waals surface area contributed by atoms with Gasteiger partial charge in [-0.15, -0.1) is 24.0 Å². The molecule has 8 nitrogen and oxygen atoms in total. The zero-order valence-electron chi connectivity index (χ0n) is 19.8. The van der Waals surface area contributed by atoms with Crippen molar-refractivity contribution in [1.29, 1.82) is 0 Å². The average Bonchev–Trinajstić information content (AvgIpc) is 3.36. The Hall–Kier alpha value is -2.95. The van der Waals surface area contributed by atoms with E-state index in [1.165, 1.54) is 0 Å². The summed E-state index contributed by atoms with van der Waals surface area (Å²) in [5, 5.41) is 6.88. The van der Waals surface area contributed by atoms with Gasteiger partial charge in [-0.3, -0.25) is 4.99 Å². The normalized spacial score (nSPS) is 14.3. The Labute approximate surface area is 217 Å². The van der Waals surface area contributed by atoms with Crippen molar-refractivity contribution in [3.63, 3.8) is 0 Å². The van der Waals surface area contributed by atoms with Crippen LogP contribution in [0.15, 0.2) is 64.2 Å². The molecule has 0 saturated carbocycles. The lowest BCUT2D eigenvalue weighted by Crippen LogP contribution is -2.48. The van der Waals surface area contributed by atoms with Gasteiger partial charge in [0.1, 0.15) is 17.8 Å². The fourth-order valence-corrected chi connectivity index (χ4v) is 3.92. The maximum absolute atomic E-state index is 5.62. The number of hydrogen-bond donors (Lipinski definition) is 2. The first-order valence-corrected chi connectivity index (χ1v) is 11.1. The predicted molar refractivity (Wildman–Crippen MR) is 145 cm³/mol. The minimum Gasteiger partial charge on any atom is -0.497 e. The van der Waals surface area contributed by atoms with E-state index in [9.17, 15) is 0 Å². The third-order valence-corrected chi connectivity index (χ3v) is 5.77. The molecule has 0 spiro atoms. The molecule has 3 aromatic rings. The van der Waals surface area contributed by atoms with Gasteiger partial charge < -0.3 is 29.4 Å². The Morgan fingerprint density at radius 2 is 1.76 bits per heavy atom. The molecule has 2 heterocycles. The molecule has 0 bridgehead atoms. The van der Waals surface area contributed by atoms with Gasteiger partial charge in [0.25, 0.3) is 0 Å². The summed E-state index contributed by atoms with van der Waals surface area (Å²) in [6.45, 7) is 2.42. The van der Waals surface area contributed by atoms with Gasteiger partial charge in [-0.05, 0) is 25.0 Å². The fraction of sp³-hybridized carbons (Fsp3) is 0.360. The molecular formula is C25H32IN5O3. The van der Waals surface area contributed by atoms with Crippen LogP contribution in [-0.2, 0) is 6.54 Å². The van der Waals surface area contributed by atoms with Crippen LogP contribution >= 0.6 is 24.0 Å². The summed E-state index contributed by atoms with van der Waals surface area (Å²) < 4.78 is 16.4. The lowest BCUT2D eigenvalue weighted by molar-refractivity contribution is 0.393. The third-order valence-electron chi connectivity index (χ3n) is 5.77. The Morgan fingerprint density at radius 1 is 1.09 bits per heavy atom. The summed E-state index contributed by atoms with van der Waals surface area (Å²) in [6.07, 6.45) is 3.69. The molecule has 0 unspecified atom stereocenters. The van der Waals surface area contributed by atoms with Crippen molar-refractivity contribution in [2.75, 3.05) is 39.3 Å². The van der Waals surface area contributed by atoms with Gasteiger partial charge in [0.15, 0.2) is 5.96 Å². The largest absolute Gasteiger partial charge is 0.497 e. The van der Waals surface area contributed by atoms with Crippen LogP contribution in [-0.4, -0.2) is 51.3 Å². The van der Waals surface area contributed by atoms with Crippen LogP contribution in [0.2, 0.25) is 0 Å². The van der Waals surface area contributed by atoms with Gasteiger partial charge in [-0.1, -0.05) is 18.2 Å². The van der Waals surface area contributed by atoms with Gasteiger partial charge in [-0.2, -0.15) is 0 Å². The monoisotopic (exact) mass is 577 g/mol. The topological polar surface area (TPSA) is 84.2 Å². The molecule has 1 fully saturated rings. The van der Waals surface area contributed by atoms with E-state index in [1.807, 2.05) is 36.4 Å². The van der Waals surface area contributed by atoms with Gasteiger partial charge in [-0.25, -0.2) is 4.98 Å². The summed E-state index contributed by atoms with van der Waals surface area (Å²) in [4.78, 5) is 11.3. The average molecular weight is 577 g/mol. The maximum atomic E-state index is 5.62. The molecule has 0 radical (unpaired) electrons. The van der Waals surface area contributed by atoms with E-state index in [0.29, 0.717) is 18.5 Å². The minimum absolute atomic E-state index is 0. The van der Waals surface area contributed by atoms with E-state index in [0.717, 1.165) is 60.3 Å². The molecule has 0 aliphatic carbocycles. The number of piperidine rings is 1. The zero-order valence-corrected chi connectivity index (χ0v) is 22.1. The molecule has 0 amide bonds. The van der Waals surface area contributed by atoms with Gasteiger partial charge in [0.05, 0.1) is 26.5 Å². The number of anilines is 1. The summed E-state index contributed by atoms with van der Waals surface area (Å²) in [6, 6.07) is 16.2. The predicted octanol–water partition coefficient (Wildman–Crippen LogP) is 4.31. The molecule has 0 atom stereocenters. The molecule has 1 aliphatic heterocycles. The Morgan fingerprint density at radius 3 is 2.38 bits per heavy atom. The fourth-order valence-electron chi connectivity index (χ4n) is 3.92. The van der Waals surface area contributed by atoms with Crippen molar-refractivity contribution < 1.29 is 13.9 Å². The number of nitrogens with zero attached hydrogens (tertiary/aromatic N) is 3. The first-order valence-electron chi connectivity index (χ1n) is 11.1. The third kappa shape index (κ3) is 6.55. The first-order chi connectivity index (χ1) is 16.2. The highest BCUT2D eigenvalue weighted by atomic mass is 127. The number of benzene rings is 2. The first kappa shape index (κ1) is 25.7. The maximum Gasteiger partial charge on any atom is 0.226 e. The molecule has 34 heavy (non-hydrogen) atoms. The van der Waals surface area contributed by atoms with E-state index in [4.69, 9.17) is 13.9 Å². The number of aliphatic imine (C=N–C) groups is 1. The van der Waals surface area contributed by atoms with E-state index < -0.39 is 0 Å². The Balaban J connectivity index is 0.00000324. The zero-order chi connectivity index (χ0) is 23.0. The molecule has 9 heteroatoms. The molecule has 2 aromatic carbocycles. The summed E-state index contributed by atoms with van der Waals surface area (Å²) in [5.41, 5.74) is 2.91. The smallest absolute Gasteiger partial charge is 0.226 e. The lowest BCUT2D eigenvalue weighted by Gasteiger charge is -2.34. The van der Waals surface area contributed by atoms with Crippen LogP contribution in [0.1, 0.15) is 18.5 Å². The SMILES string of the molecule is CN=C(NCc1coc(-c2ccccc2)n1)NC1CCN(c2cc(OC)cc(OC)c2)CC1.I. The highest BCUT2D eigenvalue weighted by Gasteiger charge is 2.21. The molecule has 1 aliphatic rings. The van der Waals surface area contributed by atoms with Crippen LogP contribution in [0.4, 0.5) is 5.69 Å². The number of methoxy groups -OCH3 is 2. The van der Waals surface area contributed by atoms with E-state index in [1.54, 1.807) is 27.5 Å². The van der Waals surface area contributed by atoms with Crippen LogP contribution in [0.25, 0.3) is 11.5 Å². The molecular weight excluding hydrogens is 545 g/mol. The number of ether oxygens (including phenoxy) is 2. The van der Waals surface area contributed by atoms with E-state index in [-0.39, 0.29) is 24.0 Å². The molecule has 1 saturated heterocycles. The number of rotatable bonds is 7. The van der Waals surface area contributed by atoms with Crippen molar-refractivity contribution in [2.45, 2.75) is 25.4 Å². The highest BCUT2D eigenvalue weighted by molar-refractivity contribution is 14.0. The number of nitrogens with one attached hydrogen (secondary N) is 2. The standard InChI is InChI=1S/C25H31N5O3.HI/c1-26-25(27-16-20-17-33-24(28-20)18-7-5-4-6-8-18)29-19-9-11-30(12-10-19)21-13-22(31-2)15-23(14-21)32-3;/h4-8,13-15,17,19H,9-12,16H2,1-3H3,(H2,26,27,29);1H. The Bertz CT molecular complexity index is 1040. The van der Waals surface area contributed by atoms with Crippen LogP contribution in [0, 0.1) is 0 Å². The second-order valence-electron chi connectivity index (χ2n) is 7.91. The summed E-state index contributed by atoms with van der Waals surface area (Å²) in [7, 11) is 5.13. The number of aromatic nitrogens is 1. The van der Waals surface area contributed by atoms with Crippen molar-refractivity contribution >= 4 is 35.6 Å². The summed E-state index contributed by atoms with van der Waals surface area (Å²) in [5.74, 6) is 2.99.